The molecule has 1 fully saturated rings. The summed E-state index contributed by atoms with van der Waals surface area (Å²) in [5.41, 5.74) is 15.8. The fourth-order valence-corrected chi connectivity index (χ4v) is 13.7. The molecule has 68 heavy (non-hydrogen) atoms. The molecule has 0 saturated carbocycles. The largest absolute Gasteiger partial charge is 0.361 e. The molecule has 13 rings (SSSR count). The molecule has 11 atom stereocenters. The number of benzene rings is 4. The quantitative estimate of drug-likeness (QED) is 0.178. The van der Waals surface area contributed by atoms with Gasteiger partial charge in [-0.2, -0.15) is 0 Å². The fourth-order valence-electron chi connectivity index (χ4n) is 13.7. The molecule has 3 heteroatoms. The van der Waals surface area contributed by atoms with Crippen molar-refractivity contribution in [1.29, 1.82) is 0 Å². The first-order valence-electron chi connectivity index (χ1n) is 25.9. The standard InChI is InChI=1S/C65H63N3/c1-4-17-44(18-5-1)60-42-53(43-61(66-60)45-19-6-2-7-20-45)49-24-15-22-47(38-49)46-21-14-23-48(37-46)50-25-16-28-55(39-50)68-63-32-13-11-30-57(63)59-41-52(34-36-65(59)68)51-33-35-64-58(40-51)56-29-10-12-31-62(56)67(64)54-26-8-3-9-27-54/h1-8,10-19,21-24,26,28-32,34,36-38,40-42,45,50-51,55-56,59-62,64-66H,9,20,25,27,33,35,39,43H2. The second kappa shape index (κ2) is 17.9. The third-order valence-corrected chi connectivity index (χ3v) is 17.0. The van der Waals surface area contributed by atoms with Gasteiger partial charge in [-0.15, -0.1) is 0 Å². The molecule has 6 aliphatic carbocycles. The zero-order valence-electron chi connectivity index (χ0n) is 39.1. The maximum Gasteiger partial charge on any atom is 0.0586 e. The Morgan fingerprint density at radius 3 is 2.31 bits per heavy atom. The number of hydrogen-bond acceptors (Lipinski definition) is 3. The van der Waals surface area contributed by atoms with Crippen LogP contribution >= 0.6 is 0 Å². The molecule has 11 unspecified atom stereocenters. The number of hydrogen-bond donors (Lipinski definition) is 1. The van der Waals surface area contributed by atoms with Crippen molar-refractivity contribution >= 4 is 11.3 Å². The second-order valence-electron chi connectivity index (χ2n) is 20.8. The van der Waals surface area contributed by atoms with Crippen molar-refractivity contribution in [3.63, 3.8) is 0 Å². The Labute approximate surface area is 404 Å². The minimum Gasteiger partial charge on any atom is -0.361 e. The highest BCUT2D eigenvalue weighted by Crippen LogP contribution is 2.52. The number of nitrogens with one attached hydrogen (secondary N) is 1. The summed E-state index contributed by atoms with van der Waals surface area (Å²) in [6.07, 6.45) is 52.6. The van der Waals surface area contributed by atoms with Gasteiger partial charge in [0.15, 0.2) is 0 Å². The van der Waals surface area contributed by atoms with Gasteiger partial charge in [0.2, 0.25) is 0 Å². The highest BCUT2D eigenvalue weighted by Gasteiger charge is 2.47. The van der Waals surface area contributed by atoms with Gasteiger partial charge in [-0.05, 0) is 132 Å². The predicted octanol–water partition coefficient (Wildman–Crippen LogP) is 14.6. The number of allylic oxidation sites excluding steroid dienone is 13. The van der Waals surface area contributed by atoms with Crippen molar-refractivity contribution in [2.24, 2.45) is 17.8 Å². The van der Waals surface area contributed by atoms with E-state index < -0.39 is 0 Å². The first kappa shape index (κ1) is 41.7. The zero-order chi connectivity index (χ0) is 45.0. The average molecular weight is 886 g/mol. The van der Waals surface area contributed by atoms with Gasteiger partial charge in [-0.1, -0.05) is 194 Å². The molecule has 0 amide bonds. The predicted molar refractivity (Wildman–Crippen MR) is 283 cm³/mol. The van der Waals surface area contributed by atoms with E-state index in [0.717, 1.165) is 38.5 Å². The Morgan fingerprint density at radius 2 is 1.41 bits per heavy atom. The van der Waals surface area contributed by atoms with E-state index in [0.29, 0.717) is 59.8 Å². The molecule has 4 aromatic carbocycles. The summed E-state index contributed by atoms with van der Waals surface area (Å²) in [4.78, 5) is 5.57. The zero-order valence-corrected chi connectivity index (χ0v) is 39.1. The van der Waals surface area contributed by atoms with E-state index in [9.17, 15) is 0 Å². The van der Waals surface area contributed by atoms with Gasteiger partial charge in [0.05, 0.1) is 24.2 Å². The van der Waals surface area contributed by atoms with E-state index in [1.54, 1.807) is 5.57 Å². The molecule has 3 aliphatic heterocycles. The Kier molecular flexibility index (Phi) is 11.0. The van der Waals surface area contributed by atoms with Gasteiger partial charge in [-0.3, -0.25) is 0 Å². The van der Waals surface area contributed by atoms with Crippen LogP contribution in [0.1, 0.15) is 91.5 Å². The molecule has 0 radical (unpaired) electrons. The van der Waals surface area contributed by atoms with Crippen LogP contribution in [0.2, 0.25) is 0 Å². The number of nitrogens with zero attached hydrogens (tertiary/aromatic N) is 2. The maximum absolute atomic E-state index is 4.03. The van der Waals surface area contributed by atoms with Gasteiger partial charge in [-0.25, -0.2) is 0 Å². The van der Waals surface area contributed by atoms with Crippen molar-refractivity contribution in [2.45, 2.75) is 99.5 Å². The smallest absolute Gasteiger partial charge is 0.0586 e. The molecule has 9 aliphatic rings. The lowest BCUT2D eigenvalue weighted by Gasteiger charge is -2.39. The van der Waals surface area contributed by atoms with E-state index in [2.05, 4.69) is 228 Å². The minimum atomic E-state index is 0.187. The molecular weight excluding hydrogens is 823 g/mol. The van der Waals surface area contributed by atoms with Crippen molar-refractivity contribution in [3.8, 4) is 11.1 Å². The van der Waals surface area contributed by atoms with Crippen LogP contribution in [-0.2, 0) is 0 Å². The summed E-state index contributed by atoms with van der Waals surface area (Å²) < 4.78 is 0. The lowest BCUT2D eigenvalue weighted by molar-refractivity contribution is 0.253. The van der Waals surface area contributed by atoms with Crippen LogP contribution in [0.5, 0.6) is 0 Å². The number of fused-ring (bicyclic) bond motifs is 6. The summed E-state index contributed by atoms with van der Waals surface area (Å²) >= 11 is 0. The summed E-state index contributed by atoms with van der Waals surface area (Å²) in [7, 11) is 0. The summed E-state index contributed by atoms with van der Waals surface area (Å²) in [6.45, 7) is 0. The molecule has 338 valence electrons. The van der Waals surface area contributed by atoms with Crippen molar-refractivity contribution in [1.82, 2.24) is 10.2 Å². The van der Waals surface area contributed by atoms with Crippen LogP contribution in [0.4, 0.5) is 5.69 Å². The fraction of sp³-hybridized carbons (Fsp3) is 0.292. The average Bonchev–Trinajstić information content (AvgIpc) is 3.94. The number of rotatable bonds is 8. The van der Waals surface area contributed by atoms with Crippen LogP contribution in [0.25, 0.3) is 16.7 Å². The lowest BCUT2D eigenvalue weighted by Crippen LogP contribution is -2.42. The van der Waals surface area contributed by atoms with E-state index in [-0.39, 0.29) is 6.04 Å². The van der Waals surface area contributed by atoms with Gasteiger partial charge >= 0.3 is 0 Å². The first-order chi connectivity index (χ1) is 33.7. The molecule has 3 nitrogen and oxygen atoms in total. The number of para-hydroxylation sites is 1. The molecule has 0 spiro atoms. The Morgan fingerprint density at radius 1 is 0.588 bits per heavy atom. The summed E-state index contributed by atoms with van der Waals surface area (Å²) in [5, 5.41) is 4.03. The van der Waals surface area contributed by atoms with E-state index in [1.807, 2.05) is 0 Å². The van der Waals surface area contributed by atoms with Gasteiger partial charge < -0.3 is 15.1 Å². The van der Waals surface area contributed by atoms with Crippen LogP contribution in [0.3, 0.4) is 0 Å². The normalized spacial score (nSPS) is 31.9. The molecule has 1 N–H and O–H groups in total. The van der Waals surface area contributed by atoms with Crippen LogP contribution in [-0.4, -0.2) is 35.1 Å². The third-order valence-electron chi connectivity index (χ3n) is 17.0. The number of likely N-dealkylation sites (tertiary alicyclic amines) is 1. The van der Waals surface area contributed by atoms with Crippen molar-refractivity contribution in [3.05, 3.63) is 252 Å². The molecule has 1 saturated heterocycles. The Bertz CT molecular complexity index is 2930. The Balaban J connectivity index is 0.743. The molecule has 3 heterocycles. The highest BCUT2D eigenvalue weighted by atomic mass is 15.2. The number of anilines is 1. The Hall–Kier alpha value is -6.42. The van der Waals surface area contributed by atoms with E-state index in [1.165, 1.54) is 68.8 Å². The molecule has 4 aromatic rings. The van der Waals surface area contributed by atoms with Gasteiger partial charge in [0.1, 0.15) is 0 Å². The SMILES string of the molecule is C1=CCCC(N2C3CCC(C4=CC5c6ccccc6N(C6C=CCC(c7cccc(-c8cccc(C9=CC(c%10ccccc%10)NC(C%10C=CC=CC%10)C9)c8)c7)C6)C5C=C4)C=C3C3C=CC=CC32)=C1. The molecule has 0 bridgehead atoms. The first-order valence-corrected chi connectivity index (χ1v) is 25.9. The van der Waals surface area contributed by atoms with Crippen molar-refractivity contribution < 1.29 is 0 Å². The summed E-state index contributed by atoms with van der Waals surface area (Å²) in [5.74, 6) is 2.24. The molecular formula is C65H63N3. The third kappa shape index (κ3) is 7.64. The van der Waals surface area contributed by atoms with Gasteiger partial charge in [0.25, 0.3) is 0 Å². The topological polar surface area (TPSA) is 18.5 Å². The van der Waals surface area contributed by atoms with Crippen LogP contribution in [0.15, 0.2) is 229 Å². The summed E-state index contributed by atoms with van der Waals surface area (Å²) in [6, 6.07) is 41.3. The maximum atomic E-state index is 4.03. The monoisotopic (exact) mass is 886 g/mol. The van der Waals surface area contributed by atoms with E-state index in [4.69, 9.17) is 0 Å². The lowest BCUT2D eigenvalue weighted by atomic mass is 9.76. The molecule has 0 aromatic heterocycles. The van der Waals surface area contributed by atoms with E-state index >= 15 is 0 Å². The highest BCUT2D eigenvalue weighted by molar-refractivity contribution is 5.75. The van der Waals surface area contributed by atoms with Crippen molar-refractivity contribution in [2.75, 3.05) is 4.90 Å². The second-order valence-corrected chi connectivity index (χ2v) is 20.8. The minimum absolute atomic E-state index is 0.187. The van der Waals surface area contributed by atoms with Gasteiger partial charge in [0, 0.05) is 41.2 Å². The van der Waals surface area contributed by atoms with Crippen LogP contribution in [0, 0.1) is 17.8 Å². The van der Waals surface area contributed by atoms with Crippen LogP contribution < -0.4 is 10.2 Å².